The topological polar surface area (TPSA) is 115 Å². The molecule has 1 aliphatic carbocycles. The summed E-state index contributed by atoms with van der Waals surface area (Å²) in [7, 11) is 0. The van der Waals surface area contributed by atoms with Crippen LogP contribution in [0.5, 0.6) is 0 Å². The molecule has 3 unspecified atom stereocenters. The number of anilines is 1. The number of aromatic amines is 1. The molecular weight excluding hydrogens is 525 g/mol. The normalized spacial score (nSPS) is 24.9. The number of ether oxygens (including phenoxy) is 1. The van der Waals surface area contributed by atoms with Crippen LogP contribution < -0.4 is 10.6 Å². The maximum Gasteiger partial charge on any atom is 0.490 e. The highest BCUT2D eigenvalue weighted by Crippen LogP contribution is 2.34. The summed E-state index contributed by atoms with van der Waals surface area (Å²) in [6.45, 7) is 1.14. The van der Waals surface area contributed by atoms with Crippen molar-refractivity contribution in [1.29, 1.82) is 0 Å². The Bertz CT molecular complexity index is 1300. The summed E-state index contributed by atoms with van der Waals surface area (Å²) in [5, 5.41) is 18.9. The van der Waals surface area contributed by atoms with Gasteiger partial charge < -0.3 is 20.1 Å². The molecule has 0 spiro atoms. The first kappa shape index (κ1) is 26.7. The lowest BCUT2D eigenvalue weighted by Gasteiger charge is -2.42. The van der Waals surface area contributed by atoms with E-state index in [2.05, 4.69) is 30.3 Å². The predicted octanol–water partition coefficient (Wildman–Crippen LogP) is 3.70. The molecular formula is C25H28ClF3N6O3. The van der Waals surface area contributed by atoms with Gasteiger partial charge in [-0.3, -0.25) is 10.2 Å². The largest absolute Gasteiger partial charge is 0.490 e. The number of fused-ring (bicyclic) bond motifs is 1. The van der Waals surface area contributed by atoms with Gasteiger partial charge in [0.2, 0.25) is 5.95 Å². The molecule has 3 heterocycles. The zero-order valence-electron chi connectivity index (χ0n) is 20.4. The second-order valence-electron chi connectivity index (χ2n) is 9.88. The van der Waals surface area contributed by atoms with Crippen LogP contribution in [0.3, 0.4) is 0 Å². The molecule has 2 aromatic heterocycles. The number of halogens is 4. The number of carbonyl (C=O) groups is 1. The summed E-state index contributed by atoms with van der Waals surface area (Å²) in [4.78, 5) is 25.3. The number of piperazine rings is 1. The molecule has 0 radical (unpaired) electrons. The number of hydrogen-bond donors (Lipinski definition) is 4. The predicted molar refractivity (Wildman–Crippen MR) is 136 cm³/mol. The third-order valence-corrected chi connectivity index (χ3v) is 7.24. The maximum absolute atomic E-state index is 12.6. The lowest BCUT2D eigenvalue weighted by molar-refractivity contribution is -0.208. The van der Waals surface area contributed by atoms with Crippen LogP contribution in [0.4, 0.5) is 19.1 Å². The van der Waals surface area contributed by atoms with Crippen LogP contribution in [-0.4, -0.2) is 81.2 Å². The first-order valence-electron chi connectivity index (χ1n) is 12.4. The standard InChI is InChI=1S/C25H28ClF3N6O3/c26-18-12-32-23(34-21(18)17-11-31-19-6-2-1-5-16(17)19)33-15-4-3-7-24(37,10-15)14-35-9-8-30-20(13-35)38-22(36)25(27,28)29/h1-2,5-6,11-12,15,20,30-31,37H,3-4,7-10,13-14H2,(H,32,33,34). The van der Waals surface area contributed by atoms with Crippen LogP contribution in [0.15, 0.2) is 36.7 Å². The Hall–Kier alpha value is -2.93. The van der Waals surface area contributed by atoms with Crippen LogP contribution in [0.25, 0.3) is 22.2 Å². The highest BCUT2D eigenvalue weighted by Gasteiger charge is 2.43. The highest BCUT2D eigenvalue weighted by atomic mass is 35.5. The van der Waals surface area contributed by atoms with Crippen molar-refractivity contribution in [1.82, 2.24) is 25.2 Å². The van der Waals surface area contributed by atoms with E-state index in [9.17, 15) is 23.1 Å². The Labute approximate surface area is 221 Å². The Kier molecular flexibility index (Phi) is 7.49. The number of para-hydroxylation sites is 1. The van der Waals surface area contributed by atoms with Gasteiger partial charge in [0.25, 0.3) is 0 Å². The molecule has 0 bridgehead atoms. The zero-order valence-corrected chi connectivity index (χ0v) is 21.1. The summed E-state index contributed by atoms with van der Waals surface area (Å²) in [6.07, 6.45) is -0.255. The number of esters is 1. The number of hydrogen-bond acceptors (Lipinski definition) is 8. The van der Waals surface area contributed by atoms with E-state index in [0.717, 1.165) is 29.3 Å². The third-order valence-electron chi connectivity index (χ3n) is 6.97. The number of aliphatic hydroxyl groups is 1. The molecule has 2 fully saturated rings. The van der Waals surface area contributed by atoms with Gasteiger partial charge in [0, 0.05) is 54.9 Å². The van der Waals surface area contributed by atoms with Gasteiger partial charge in [-0.05, 0) is 31.7 Å². The minimum Gasteiger partial charge on any atom is -0.439 e. The van der Waals surface area contributed by atoms with Gasteiger partial charge in [-0.15, -0.1) is 0 Å². The number of aromatic nitrogens is 3. The molecule has 4 N–H and O–H groups in total. The molecule has 0 amide bonds. The molecule has 1 aliphatic heterocycles. The van der Waals surface area contributed by atoms with E-state index in [1.54, 1.807) is 6.20 Å². The summed E-state index contributed by atoms with van der Waals surface area (Å²) < 4.78 is 42.3. The van der Waals surface area contributed by atoms with Crippen molar-refractivity contribution in [3.8, 4) is 11.3 Å². The lowest BCUT2D eigenvalue weighted by Crippen LogP contribution is -2.58. The molecule has 1 saturated carbocycles. The molecule has 3 aromatic rings. The molecule has 2 aliphatic rings. The highest BCUT2D eigenvalue weighted by molar-refractivity contribution is 6.33. The van der Waals surface area contributed by atoms with E-state index in [1.165, 1.54) is 0 Å². The lowest BCUT2D eigenvalue weighted by atomic mass is 9.81. The van der Waals surface area contributed by atoms with Crippen molar-refractivity contribution in [2.45, 2.75) is 49.7 Å². The van der Waals surface area contributed by atoms with Crippen molar-refractivity contribution in [3.05, 3.63) is 41.7 Å². The molecule has 13 heteroatoms. The molecule has 3 atom stereocenters. The zero-order chi connectivity index (χ0) is 26.9. The second kappa shape index (κ2) is 10.7. The van der Waals surface area contributed by atoms with E-state index >= 15 is 0 Å². The number of alkyl halides is 3. The second-order valence-corrected chi connectivity index (χ2v) is 10.3. The van der Waals surface area contributed by atoms with Crippen LogP contribution >= 0.6 is 11.6 Å². The quantitative estimate of drug-likeness (QED) is 0.342. The minimum absolute atomic E-state index is 0.0521. The van der Waals surface area contributed by atoms with Crippen LogP contribution in [0.1, 0.15) is 25.7 Å². The minimum atomic E-state index is -5.05. The Morgan fingerprint density at radius 1 is 1.34 bits per heavy atom. The van der Waals surface area contributed by atoms with Crippen LogP contribution in [0.2, 0.25) is 5.02 Å². The van der Waals surface area contributed by atoms with Gasteiger partial charge in [-0.2, -0.15) is 13.2 Å². The average Bonchev–Trinajstić information content (AvgIpc) is 3.29. The van der Waals surface area contributed by atoms with Gasteiger partial charge >= 0.3 is 12.1 Å². The average molecular weight is 553 g/mol. The molecule has 5 rings (SSSR count). The van der Waals surface area contributed by atoms with Gasteiger partial charge in [0.15, 0.2) is 6.23 Å². The molecule has 9 nitrogen and oxygen atoms in total. The third kappa shape index (κ3) is 6.04. The maximum atomic E-state index is 12.6. The number of nitrogens with one attached hydrogen (secondary N) is 3. The molecule has 1 saturated heterocycles. The summed E-state index contributed by atoms with van der Waals surface area (Å²) in [5.41, 5.74) is 1.34. The molecule has 38 heavy (non-hydrogen) atoms. The fraction of sp³-hybridized carbons (Fsp3) is 0.480. The monoisotopic (exact) mass is 552 g/mol. The fourth-order valence-corrected chi connectivity index (χ4v) is 5.48. The van der Waals surface area contributed by atoms with Gasteiger partial charge in [-0.1, -0.05) is 29.8 Å². The number of carbonyl (C=O) groups excluding carboxylic acids is 1. The van der Waals surface area contributed by atoms with Crippen molar-refractivity contribution >= 4 is 34.4 Å². The number of β-amino-alcohol motifs (C(OH)–C–C–N with tert-alkyl or cyclic N) is 1. The first-order chi connectivity index (χ1) is 18.1. The summed E-state index contributed by atoms with van der Waals surface area (Å²) >= 11 is 6.44. The number of rotatable bonds is 6. The number of nitrogens with zero attached hydrogens (tertiary/aromatic N) is 3. The van der Waals surface area contributed by atoms with Crippen molar-refractivity contribution < 1.29 is 27.8 Å². The molecule has 1 aromatic carbocycles. The molecule has 204 valence electrons. The van der Waals surface area contributed by atoms with E-state index < -0.39 is 24.0 Å². The number of H-pyrrole nitrogens is 1. The smallest absolute Gasteiger partial charge is 0.439 e. The summed E-state index contributed by atoms with van der Waals surface area (Å²) in [6, 6.07) is 7.72. The van der Waals surface area contributed by atoms with Crippen LogP contribution in [0, 0.1) is 0 Å². The Balaban J connectivity index is 1.23. The van der Waals surface area contributed by atoms with Gasteiger partial charge in [0.05, 0.1) is 22.5 Å². The van der Waals surface area contributed by atoms with E-state index in [0.29, 0.717) is 42.6 Å². The number of benzene rings is 1. The van der Waals surface area contributed by atoms with Gasteiger partial charge in [-0.25, -0.2) is 14.8 Å². The van der Waals surface area contributed by atoms with E-state index in [1.807, 2.05) is 35.4 Å². The Morgan fingerprint density at radius 3 is 2.97 bits per heavy atom. The summed E-state index contributed by atoms with van der Waals surface area (Å²) in [5.74, 6) is -1.84. The fourth-order valence-electron chi connectivity index (χ4n) is 5.29. The van der Waals surface area contributed by atoms with Crippen molar-refractivity contribution in [2.24, 2.45) is 0 Å². The van der Waals surface area contributed by atoms with Gasteiger partial charge in [0.1, 0.15) is 0 Å². The first-order valence-corrected chi connectivity index (χ1v) is 12.8. The van der Waals surface area contributed by atoms with Crippen LogP contribution in [-0.2, 0) is 9.53 Å². The Morgan fingerprint density at radius 2 is 2.16 bits per heavy atom. The van der Waals surface area contributed by atoms with Crippen molar-refractivity contribution in [3.63, 3.8) is 0 Å². The van der Waals surface area contributed by atoms with E-state index in [4.69, 9.17) is 11.6 Å². The SMILES string of the molecule is O=C(OC1CN(CC2(O)CCCC(Nc3ncc(Cl)c(-c4c[nH]c5ccccc45)n3)C2)CCN1)C(F)(F)F. The van der Waals surface area contributed by atoms with E-state index in [-0.39, 0.29) is 19.1 Å². The van der Waals surface area contributed by atoms with Crippen molar-refractivity contribution in [2.75, 3.05) is 31.5 Å².